The van der Waals surface area contributed by atoms with Gasteiger partial charge in [0.05, 0.1) is 11.9 Å². The summed E-state index contributed by atoms with van der Waals surface area (Å²) in [4.78, 5) is 12.5. The van der Waals surface area contributed by atoms with Crippen LogP contribution in [0.25, 0.3) is 0 Å². The smallest absolute Gasteiger partial charge is 0.243 e. The lowest BCUT2D eigenvalue weighted by atomic mass is 9.89. The summed E-state index contributed by atoms with van der Waals surface area (Å²) < 4.78 is 25.5. The van der Waals surface area contributed by atoms with E-state index in [9.17, 15) is 13.2 Å². The van der Waals surface area contributed by atoms with E-state index in [2.05, 4.69) is 5.32 Å². The fourth-order valence-corrected chi connectivity index (χ4v) is 4.48. The molecule has 0 heterocycles. The highest BCUT2D eigenvalue weighted by Crippen LogP contribution is 2.24. The van der Waals surface area contributed by atoms with Crippen LogP contribution in [0.15, 0.2) is 24.3 Å². The molecule has 1 unspecified atom stereocenters. The summed E-state index contributed by atoms with van der Waals surface area (Å²) in [6.07, 6.45) is 7.03. The first kappa shape index (κ1) is 19.1. The van der Waals surface area contributed by atoms with Gasteiger partial charge in [-0.25, -0.2) is 8.42 Å². The van der Waals surface area contributed by atoms with E-state index < -0.39 is 16.1 Å². The Balaban J connectivity index is 2.08. The summed E-state index contributed by atoms with van der Waals surface area (Å²) in [6.45, 7) is 2.22. The van der Waals surface area contributed by atoms with E-state index in [0.29, 0.717) is 23.2 Å². The largest absolute Gasteiger partial charge is 0.354 e. The Morgan fingerprint density at radius 2 is 1.83 bits per heavy atom. The number of carbonyl (C=O) groups excluding carboxylic acids is 1. The minimum Gasteiger partial charge on any atom is -0.354 e. The van der Waals surface area contributed by atoms with Crippen LogP contribution in [0.3, 0.4) is 0 Å². The number of halogens is 1. The van der Waals surface area contributed by atoms with Gasteiger partial charge in [0.2, 0.25) is 15.9 Å². The van der Waals surface area contributed by atoms with Gasteiger partial charge in [0.1, 0.15) is 6.04 Å². The Morgan fingerprint density at radius 1 is 1.25 bits per heavy atom. The number of sulfonamides is 1. The van der Waals surface area contributed by atoms with E-state index in [1.165, 1.54) is 19.3 Å². The molecule has 134 valence electrons. The fourth-order valence-electron chi connectivity index (χ4n) is 3.18. The average molecular weight is 373 g/mol. The predicted octanol–water partition coefficient (Wildman–Crippen LogP) is 3.19. The fraction of sp³-hybridized carbons (Fsp3) is 0.588. The van der Waals surface area contributed by atoms with Crippen LogP contribution in [-0.4, -0.2) is 33.2 Å². The van der Waals surface area contributed by atoms with Crippen LogP contribution in [0.2, 0.25) is 5.02 Å². The second-order valence-corrected chi connectivity index (χ2v) is 8.76. The van der Waals surface area contributed by atoms with Crippen LogP contribution < -0.4 is 9.62 Å². The SMILES string of the molecule is CC(C(=O)NCC1CCCCC1)N(c1ccc(Cl)cc1)S(C)(=O)=O. The number of hydrogen-bond donors (Lipinski definition) is 1. The van der Waals surface area contributed by atoms with E-state index in [1.54, 1.807) is 31.2 Å². The molecule has 1 saturated carbocycles. The highest BCUT2D eigenvalue weighted by atomic mass is 35.5. The molecule has 0 aromatic heterocycles. The van der Waals surface area contributed by atoms with Gasteiger partial charge in [-0.2, -0.15) is 0 Å². The summed E-state index contributed by atoms with van der Waals surface area (Å²) >= 11 is 5.86. The van der Waals surface area contributed by atoms with Crippen molar-refractivity contribution in [1.29, 1.82) is 0 Å². The normalized spacial score (nSPS) is 17.3. The van der Waals surface area contributed by atoms with Gasteiger partial charge in [-0.1, -0.05) is 30.9 Å². The highest BCUT2D eigenvalue weighted by molar-refractivity contribution is 7.92. The maximum absolute atomic E-state index is 12.5. The molecule has 1 aromatic carbocycles. The predicted molar refractivity (Wildman–Crippen MR) is 97.8 cm³/mol. The van der Waals surface area contributed by atoms with E-state index in [4.69, 9.17) is 11.6 Å². The zero-order valence-electron chi connectivity index (χ0n) is 14.2. The molecule has 1 atom stereocenters. The molecule has 1 N–H and O–H groups in total. The van der Waals surface area contributed by atoms with Crippen molar-refractivity contribution < 1.29 is 13.2 Å². The number of benzene rings is 1. The van der Waals surface area contributed by atoms with Crippen LogP contribution in [-0.2, 0) is 14.8 Å². The number of hydrogen-bond acceptors (Lipinski definition) is 3. The quantitative estimate of drug-likeness (QED) is 0.833. The third kappa shape index (κ3) is 5.11. The van der Waals surface area contributed by atoms with Gasteiger partial charge in [-0.3, -0.25) is 9.10 Å². The highest BCUT2D eigenvalue weighted by Gasteiger charge is 2.29. The average Bonchev–Trinajstić information content (AvgIpc) is 2.54. The van der Waals surface area contributed by atoms with Crippen molar-refractivity contribution in [1.82, 2.24) is 5.32 Å². The van der Waals surface area contributed by atoms with Crippen LogP contribution in [0.5, 0.6) is 0 Å². The molecule has 1 aliphatic rings. The molecule has 1 aliphatic carbocycles. The van der Waals surface area contributed by atoms with Crippen molar-refractivity contribution in [2.75, 3.05) is 17.1 Å². The number of rotatable bonds is 6. The van der Waals surface area contributed by atoms with E-state index in [0.717, 1.165) is 23.4 Å². The zero-order chi connectivity index (χ0) is 17.7. The van der Waals surface area contributed by atoms with Crippen molar-refractivity contribution in [3.63, 3.8) is 0 Å². The first-order valence-corrected chi connectivity index (χ1v) is 10.5. The van der Waals surface area contributed by atoms with Crippen molar-refractivity contribution in [3.8, 4) is 0 Å². The Labute approximate surface area is 149 Å². The molecule has 7 heteroatoms. The van der Waals surface area contributed by atoms with Gasteiger partial charge in [0.15, 0.2) is 0 Å². The minimum absolute atomic E-state index is 0.277. The minimum atomic E-state index is -3.59. The summed E-state index contributed by atoms with van der Waals surface area (Å²) in [5, 5.41) is 3.43. The van der Waals surface area contributed by atoms with Crippen LogP contribution in [0.1, 0.15) is 39.0 Å². The molecule has 0 bridgehead atoms. The third-order valence-electron chi connectivity index (χ3n) is 4.46. The van der Waals surface area contributed by atoms with Gasteiger partial charge >= 0.3 is 0 Å². The summed E-state index contributed by atoms with van der Waals surface area (Å²) in [7, 11) is -3.59. The molecule has 0 spiro atoms. The number of anilines is 1. The summed E-state index contributed by atoms with van der Waals surface area (Å²) in [5.41, 5.74) is 0.433. The molecule has 2 rings (SSSR count). The molecule has 1 aromatic rings. The van der Waals surface area contributed by atoms with Crippen molar-refractivity contribution in [3.05, 3.63) is 29.3 Å². The van der Waals surface area contributed by atoms with Crippen molar-refractivity contribution >= 4 is 33.2 Å². The molecule has 1 amide bonds. The maximum atomic E-state index is 12.5. The monoisotopic (exact) mass is 372 g/mol. The van der Waals surface area contributed by atoms with E-state index in [-0.39, 0.29) is 5.91 Å². The number of carbonyl (C=O) groups is 1. The first-order valence-electron chi connectivity index (χ1n) is 8.31. The van der Waals surface area contributed by atoms with Crippen molar-refractivity contribution in [2.24, 2.45) is 5.92 Å². The molecule has 0 aliphatic heterocycles. The van der Waals surface area contributed by atoms with Crippen LogP contribution in [0, 0.1) is 5.92 Å². The second-order valence-electron chi connectivity index (χ2n) is 6.46. The Bertz CT molecular complexity index is 655. The third-order valence-corrected chi connectivity index (χ3v) is 5.95. The standard InChI is InChI=1S/C17H25ClN2O3S/c1-13(17(21)19-12-14-6-4-3-5-7-14)20(24(2,22)23)16-10-8-15(18)9-11-16/h8-11,13-14H,3-7,12H2,1-2H3,(H,19,21). The van der Waals surface area contributed by atoms with Gasteiger partial charge in [-0.05, 0) is 49.9 Å². The first-order chi connectivity index (χ1) is 11.3. The zero-order valence-corrected chi connectivity index (χ0v) is 15.7. The maximum Gasteiger partial charge on any atom is 0.243 e. The summed E-state index contributed by atoms with van der Waals surface area (Å²) in [6, 6.07) is 5.62. The molecular formula is C17H25ClN2O3S. The van der Waals surface area contributed by atoms with Gasteiger partial charge in [0, 0.05) is 11.6 Å². The number of nitrogens with one attached hydrogen (secondary N) is 1. The van der Waals surface area contributed by atoms with Gasteiger partial charge < -0.3 is 5.32 Å². The molecule has 0 radical (unpaired) electrons. The lowest BCUT2D eigenvalue weighted by molar-refractivity contribution is -0.122. The molecular weight excluding hydrogens is 348 g/mol. The lowest BCUT2D eigenvalue weighted by Crippen LogP contribution is -2.48. The van der Waals surface area contributed by atoms with E-state index in [1.807, 2.05) is 0 Å². The van der Waals surface area contributed by atoms with E-state index >= 15 is 0 Å². The van der Waals surface area contributed by atoms with Gasteiger partial charge in [0.25, 0.3) is 0 Å². The van der Waals surface area contributed by atoms with Crippen LogP contribution >= 0.6 is 11.6 Å². The van der Waals surface area contributed by atoms with Gasteiger partial charge in [-0.15, -0.1) is 0 Å². The second kappa shape index (κ2) is 8.21. The molecule has 24 heavy (non-hydrogen) atoms. The lowest BCUT2D eigenvalue weighted by Gasteiger charge is -2.29. The number of nitrogens with zero attached hydrogens (tertiary/aromatic N) is 1. The Kier molecular flexibility index (Phi) is 6.52. The van der Waals surface area contributed by atoms with Crippen molar-refractivity contribution in [2.45, 2.75) is 45.1 Å². The topological polar surface area (TPSA) is 66.5 Å². The molecule has 0 saturated heterocycles. The molecule has 5 nitrogen and oxygen atoms in total. The number of amides is 1. The Morgan fingerprint density at radius 3 is 2.38 bits per heavy atom. The Hall–Kier alpha value is -1.27. The molecule has 1 fully saturated rings. The van der Waals surface area contributed by atoms with Crippen LogP contribution in [0.4, 0.5) is 5.69 Å². The summed E-state index contributed by atoms with van der Waals surface area (Å²) in [5.74, 6) is 0.220.